The van der Waals surface area contributed by atoms with E-state index in [1.165, 1.54) is 4.68 Å². The Hall–Kier alpha value is -3.60. The van der Waals surface area contributed by atoms with Gasteiger partial charge in [0, 0.05) is 11.1 Å². The standard InChI is InChI=1S/C23H21N3O2/c1-15(24-21-10-6-8-17-7-4-5-9-20(17)21)22-16(2)25-26(23(22)27)18-11-13-19(28-3)14-12-18/h4-14,25H,1-3H3. The van der Waals surface area contributed by atoms with E-state index in [1.807, 2.05) is 68.4 Å². The lowest BCUT2D eigenvalue weighted by Crippen LogP contribution is -2.19. The summed E-state index contributed by atoms with van der Waals surface area (Å²) in [6.45, 7) is 3.76. The van der Waals surface area contributed by atoms with Crippen molar-refractivity contribution in [3.63, 3.8) is 0 Å². The van der Waals surface area contributed by atoms with Crippen LogP contribution >= 0.6 is 0 Å². The van der Waals surface area contributed by atoms with Crippen LogP contribution in [0.4, 0.5) is 5.69 Å². The zero-order chi connectivity index (χ0) is 19.7. The number of methoxy groups -OCH3 is 1. The molecule has 0 aliphatic carbocycles. The molecule has 5 nitrogen and oxygen atoms in total. The molecule has 0 aliphatic heterocycles. The number of H-pyrrole nitrogens is 1. The first kappa shape index (κ1) is 17.8. The first-order valence-corrected chi connectivity index (χ1v) is 9.08. The van der Waals surface area contributed by atoms with Crippen molar-refractivity contribution in [2.45, 2.75) is 13.8 Å². The molecule has 0 saturated heterocycles. The molecule has 0 bridgehead atoms. The molecule has 5 heteroatoms. The Morgan fingerprint density at radius 3 is 2.46 bits per heavy atom. The van der Waals surface area contributed by atoms with Gasteiger partial charge in [0.15, 0.2) is 0 Å². The molecule has 4 rings (SSSR count). The molecule has 0 unspecified atom stereocenters. The highest BCUT2D eigenvalue weighted by molar-refractivity contribution is 6.03. The molecule has 1 aromatic heterocycles. The van der Waals surface area contributed by atoms with Gasteiger partial charge in [0.1, 0.15) is 5.75 Å². The first-order chi connectivity index (χ1) is 13.6. The summed E-state index contributed by atoms with van der Waals surface area (Å²) >= 11 is 0. The molecule has 0 spiro atoms. The van der Waals surface area contributed by atoms with Gasteiger partial charge in [0.05, 0.1) is 29.8 Å². The molecule has 3 aromatic carbocycles. The minimum atomic E-state index is -0.121. The van der Waals surface area contributed by atoms with E-state index in [0.717, 1.165) is 33.6 Å². The predicted molar refractivity (Wildman–Crippen MR) is 113 cm³/mol. The van der Waals surface area contributed by atoms with Crippen LogP contribution in [-0.2, 0) is 0 Å². The van der Waals surface area contributed by atoms with Gasteiger partial charge in [0.25, 0.3) is 5.56 Å². The first-order valence-electron chi connectivity index (χ1n) is 9.08. The number of rotatable bonds is 4. The van der Waals surface area contributed by atoms with Crippen LogP contribution in [0.25, 0.3) is 16.5 Å². The van der Waals surface area contributed by atoms with E-state index in [1.54, 1.807) is 7.11 Å². The number of nitrogens with one attached hydrogen (secondary N) is 1. The van der Waals surface area contributed by atoms with Crippen molar-refractivity contribution in [1.82, 2.24) is 9.78 Å². The van der Waals surface area contributed by atoms with Crippen molar-refractivity contribution in [2.75, 3.05) is 7.11 Å². The average molecular weight is 371 g/mol. The van der Waals surface area contributed by atoms with Crippen LogP contribution in [0.15, 0.2) is 76.5 Å². The summed E-state index contributed by atoms with van der Waals surface area (Å²) in [5.41, 5.74) is 3.53. The third-order valence-corrected chi connectivity index (χ3v) is 4.82. The SMILES string of the molecule is COc1ccc(-n2[nH]c(C)c(C(C)=Nc3cccc4ccccc34)c2=O)cc1. The van der Waals surface area contributed by atoms with Gasteiger partial charge in [-0.1, -0.05) is 36.4 Å². The highest BCUT2D eigenvalue weighted by Gasteiger charge is 2.15. The van der Waals surface area contributed by atoms with Crippen molar-refractivity contribution < 1.29 is 4.74 Å². The largest absolute Gasteiger partial charge is 0.497 e. The fourth-order valence-corrected chi connectivity index (χ4v) is 3.43. The van der Waals surface area contributed by atoms with Crippen molar-refractivity contribution in [3.05, 3.63) is 88.3 Å². The molecular weight excluding hydrogens is 350 g/mol. The summed E-state index contributed by atoms with van der Waals surface area (Å²) in [5, 5.41) is 5.34. The molecule has 140 valence electrons. The van der Waals surface area contributed by atoms with Crippen LogP contribution in [0.5, 0.6) is 5.75 Å². The van der Waals surface area contributed by atoms with Gasteiger partial charge in [-0.2, -0.15) is 0 Å². The third kappa shape index (κ3) is 3.11. The average Bonchev–Trinajstić information content (AvgIpc) is 3.02. The minimum Gasteiger partial charge on any atom is -0.497 e. The number of hydrogen-bond donors (Lipinski definition) is 1. The number of benzene rings is 3. The Morgan fingerprint density at radius 1 is 1.00 bits per heavy atom. The number of hydrogen-bond acceptors (Lipinski definition) is 3. The lowest BCUT2D eigenvalue weighted by Gasteiger charge is -2.04. The van der Waals surface area contributed by atoms with E-state index < -0.39 is 0 Å². The molecule has 0 radical (unpaired) electrons. The van der Waals surface area contributed by atoms with Gasteiger partial charge < -0.3 is 4.74 Å². The quantitative estimate of drug-likeness (QED) is 0.525. The summed E-state index contributed by atoms with van der Waals surface area (Å²) in [7, 11) is 1.62. The highest BCUT2D eigenvalue weighted by atomic mass is 16.5. The van der Waals surface area contributed by atoms with Crippen molar-refractivity contribution >= 4 is 22.2 Å². The van der Waals surface area contributed by atoms with Gasteiger partial charge in [-0.25, -0.2) is 4.68 Å². The second-order valence-electron chi connectivity index (χ2n) is 6.65. The van der Waals surface area contributed by atoms with Gasteiger partial charge in [-0.05, 0) is 49.6 Å². The zero-order valence-electron chi connectivity index (χ0n) is 16.1. The maximum absolute atomic E-state index is 13.1. The fourth-order valence-electron chi connectivity index (χ4n) is 3.43. The number of fused-ring (bicyclic) bond motifs is 1. The number of aliphatic imine (C=N–C) groups is 1. The molecule has 0 aliphatic rings. The highest BCUT2D eigenvalue weighted by Crippen LogP contribution is 2.26. The number of nitrogens with zero attached hydrogens (tertiary/aromatic N) is 2. The monoisotopic (exact) mass is 371 g/mol. The van der Waals surface area contributed by atoms with E-state index in [0.29, 0.717) is 11.3 Å². The zero-order valence-corrected chi connectivity index (χ0v) is 16.1. The number of aryl methyl sites for hydroxylation is 1. The van der Waals surface area contributed by atoms with Crippen LogP contribution in [0.1, 0.15) is 18.2 Å². The van der Waals surface area contributed by atoms with E-state index in [4.69, 9.17) is 9.73 Å². The summed E-state index contributed by atoms with van der Waals surface area (Å²) in [6.07, 6.45) is 0. The minimum absolute atomic E-state index is 0.121. The van der Waals surface area contributed by atoms with Crippen LogP contribution in [0.2, 0.25) is 0 Å². The van der Waals surface area contributed by atoms with Crippen molar-refractivity contribution in [2.24, 2.45) is 4.99 Å². The van der Waals surface area contributed by atoms with Crippen LogP contribution in [-0.4, -0.2) is 22.6 Å². The summed E-state index contributed by atoms with van der Waals surface area (Å²) in [5.74, 6) is 0.744. The number of ether oxygens (including phenoxy) is 1. The van der Waals surface area contributed by atoms with Gasteiger partial charge in [0.2, 0.25) is 0 Å². The molecule has 28 heavy (non-hydrogen) atoms. The maximum Gasteiger partial charge on any atom is 0.280 e. The van der Waals surface area contributed by atoms with Gasteiger partial charge >= 0.3 is 0 Å². The normalized spacial score (nSPS) is 11.8. The summed E-state index contributed by atoms with van der Waals surface area (Å²) in [4.78, 5) is 17.8. The predicted octanol–water partition coefficient (Wildman–Crippen LogP) is 4.78. The Balaban J connectivity index is 1.79. The lowest BCUT2D eigenvalue weighted by molar-refractivity contribution is 0.414. The molecule has 1 N–H and O–H groups in total. The van der Waals surface area contributed by atoms with Crippen molar-refractivity contribution in [3.8, 4) is 11.4 Å². The molecule has 1 heterocycles. The summed E-state index contributed by atoms with van der Waals surface area (Å²) in [6, 6.07) is 21.5. The molecule has 0 fully saturated rings. The molecule has 4 aromatic rings. The van der Waals surface area contributed by atoms with Crippen LogP contribution < -0.4 is 10.3 Å². The van der Waals surface area contributed by atoms with Crippen LogP contribution in [0, 0.1) is 6.92 Å². The number of aromatic amines is 1. The lowest BCUT2D eigenvalue weighted by atomic mass is 10.1. The summed E-state index contributed by atoms with van der Waals surface area (Å²) < 4.78 is 6.72. The van der Waals surface area contributed by atoms with Crippen molar-refractivity contribution in [1.29, 1.82) is 0 Å². The molecule has 0 amide bonds. The van der Waals surface area contributed by atoms with E-state index in [2.05, 4.69) is 17.2 Å². The second-order valence-corrected chi connectivity index (χ2v) is 6.65. The van der Waals surface area contributed by atoms with E-state index >= 15 is 0 Å². The Morgan fingerprint density at radius 2 is 1.71 bits per heavy atom. The maximum atomic E-state index is 13.1. The van der Waals surface area contributed by atoms with E-state index in [-0.39, 0.29) is 5.56 Å². The Labute approximate surface area is 162 Å². The number of aromatic nitrogens is 2. The van der Waals surface area contributed by atoms with E-state index in [9.17, 15) is 4.79 Å². The second kappa shape index (κ2) is 7.19. The topological polar surface area (TPSA) is 59.4 Å². The molecular formula is C23H21N3O2. The van der Waals surface area contributed by atoms with Crippen LogP contribution in [0.3, 0.4) is 0 Å². The molecule has 0 atom stereocenters. The van der Waals surface area contributed by atoms with Gasteiger partial charge in [-0.15, -0.1) is 0 Å². The Bertz CT molecular complexity index is 1230. The Kier molecular flexibility index (Phi) is 4.57. The van der Waals surface area contributed by atoms with Gasteiger partial charge in [-0.3, -0.25) is 14.9 Å². The molecule has 0 saturated carbocycles. The third-order valence-electron chi connectivity index (χ3n) is 4.82. The smallest absolute Gasteiger partial charge is 0.280 e. The fraction of sp³-hybridized carbons (Fsp3) is 0.130.